The second kappa shape index (κ2) is 10.2. The Labute approximate surface area is 197 Å². The molecule has 2 aromatic carbocycles. The number of benzene rings is 2. The minimum Gasteiger partial charge on any atom is -0.459 e. The fourth-order valence-electron chi connectivity index (χ4n) is 3.81. The van der Waals surface area contributed by atoms with Crippen molar-refractivity contribution >= 4 is 21.8 Å². The minimum absolute atomic E-state index is 0.00124. The summed E-state index contributed by atoms with van der Waals surface area (Å²) in [5.74, 6) is -1.23. The lowest BCUT2D eigenvalue weighted by molar-refractivity contribution is -0.134. The maximum absolute atomic E-state index is 13.3. The van der Waals surface area contributed by atoms with E-state index in [4.69, 9.17) is 4.42 Å². The summed E-state index contributed by atoms with van der Waals surface area (Å²) in [6.07, 6.45) is 1.66. The van der Waals surface area contributed by atoms with E-state index in [-0.39, 0.29) is 49.2 Å². The fourth-order valence-corrected chi connectivity index (χ4v) is 5.23. The molecule has 1 fully saturated rings. The highest BCUT2D eigenvalue weighted by molar-refractivity contribution is 7.89. The van der Waals surface area contributed by atoms with Gasteiger partial charge in [0.15, 0.2) is 5.76 Å². The third-order valence-electron chi connectivity index (χ3n) is 5.63. The fraction of sp³-hybridized carbons (Fsp3) is 0.250. The van der Waals surface area contributed by atoms with E-state index in [1.807, 2.05) is 30.3 Å². The molecule has 1 aromatic heterocycles. The standard InChI is InChI=1S/C24H24FN3O5S/c25-19-8-10-20(11-9-19)34(31,32)28-14-12-27(13-15-28)24(30)21(17-18-5-2-1-3-6-18)26-23(29)22-7-4-16-33-22/h1-11,16,21H,12-15,17H2,(H,26,29)/t21-/m0/s1. The SMILES string of the molecule is O=C(N[C@@H](Cc1ccccc1)C(=O)N1CCN(S(=O)(=O)c2ccc(F)cc2)CC1)c1ccco1. The molecule has 0 spiro atoms. The van der Waals surface area contributed by atoms with Crippen LogP contribution in [0, 0.1) is 5.82 Å². The van der Waals surface area contributed by atoms with Crippen molar-refractivity contribution in [2.24, 2.45) is 0 Å². The van der Waals surface area contributed by atoms with Gasteiger partial charge in [-0.3, -0.25) is 9.59 Å². The van der Waals surface area contributed by atoms with Crippen molar-refractivity contribution in [1.29, 1.82) is 0 Å². The minimum atomic E-state index is -3.80. The average Bonchev–Trinajstić information content (AvgIpc) is 3.39. The van der Waals surface area contributed by atoms with E-state index >= 15 is 0 Å². The van der Waals surface area contributed by atoms with Crippen LogP contribution >= 0.6 is 0 Å². The molecule has 1 aliphatic rings. The van der Waals surface area contributed by atoms with Crippen molar-refractivity contribution in [1.82, 2.24) is 14.5 Å². The molecule has 2 amide bonds. The van der Waals surface area contributed by atoms with Crippen LogP contribution in [-0.2, 0) is 21.2 Å². The predicted molar refractivity (Wildman–Crippen MR) is 122 cm³/mol. The average molecular weight is 486 g/mol. The van der Waals surface area contributed by atoms with Gasteiger partial charge in [0.05, 0.1) is 11.2 Å². The summed E-state index contributed by atoms with van der Waals surface area (Å²) in [6.45, 7) is 0.521. The Morgan fingerprint density at radius 1 is 0.941 bits per heavy atom. The van der Waals surface area contributed by atoms with Crippen LogP contribution in [0.3, 0.4) is 0 Å². The molecule has 4 rings (SSSR count). The summed E-state index contributed by atoms with van der Waals surface area (Å²) in [5.41, 5.74) is 0.873. The number of rotatable bonds is 7. The molecule has 2 heterocycles. The van der Waals surface area contributed by atoms with Crippen LogP contribution in [-0.4, -0.2) is 61.7 Å². The Kier molecular flexibility index (Phi) is 7.09. The van der Waals surface area contributed by atoms with Crippen molar-refractivity contribution in [2.75, 3.05) is 26.2 Å². The molecule has 8 nitrogen and oxygen atoms in total. The van der Waals surface area contributed by atoms with Crippen LogP contribution in [0.4, 0.5) is 4.39 Å². The quantitative estimate of drug-likeness (QED) is 0.554. The van der Waals surface area contributed by atoms with Crippen molar-refractivity contribution in [2.45, 2.75) is 17.4 Å². The zero-order valence-corrected chi connectivity index (χ0v) is 19.1. The molecule has 10 heteroatoms. The lowest BCUT2D eigenvalue weighted by Crippen LogP contribution is -2.56. The van der Waals surface area contributed by atoms with Crippen molar-refractivity contribution in [3.05, 3.63) is 90.1 Å². The van der Waals surface area contributed by atoms with Crippen LogP contribution in [0.1, 0.15) is 16.1 Å². The Hall–Kier alpha value is -3.50. The highest BCUT2D eigenvalue weighted by atomic mass is 32.2. The van der Waals surface area contributed by atoms with E-state index < -0.39 is 27.8 Å². The van der Waals surface area contributed by atoms with Crippen molar-refractivity contribution < 1.29 is 26.8 Å². The van der Waals surface area contributed by atoms with E-state index in [9.17, 15) is 22.4 Å². The first kappa shape index (κ1) is 23.7. The lowest BCUT2D eigenvalue weighted by Gasteiger charge is -2.36. The van der Waals surface area contributed by atoms with Crippen LogP contribution in [0.5, 0.6) is 0 Å². The lowest BCUT2D eigenvalue weighted by atomic mass is 10.0. The third kappa shape index (κ3) is 5.35. The molecular formula is C24H24FN3O5S. The molecule has 34 heavy (non-hydrogen) atoms. The van der Waals surface area contributed by atoms with Gasteiger partial charge in [-0.1, -0.05) is 30.3 Å². The second-order valence-corrected chi connectivity index (χ2v) is 9.81. The van der Waals surface area contributed by atoms with Gasteiger partial charge in [0.2, 0.25) is 15.9 Å². The molecule has 178 valence electrons. The van der Waals surface area contributed by atoms with E-state index in [0.717, 1.165) is 17.7 Å². The van der Waals surface area contributed by atoms with E-state index in [1.165, 1.54) is 28.8 Å². The molecule has 1 saturated heterocycles. The normalized spacial score (nSPS) is 15.6. The Balaban J connectivity index is 1.45. The number of piperazine rings is 1. The summed E-state index contributed by atoms with van der Waals surface area (Å²) >= 11 is 0. The predicted octanol–water partition coefficient (Wildman–Crippen LogP) is 2.29. The summed E-state index contributed by atoms with van der Waals surface area (Å²) in [4.78, 5) is 27.5. The maximum Gasteiger partial charge on any atom is 0.287 e. The molecular weight excluding hydrogens is 461 g/mol. The first-order valence-electron chi connectivity index (χ1n) is 10.8. The molecule has 3 aromatic rings. The number of furan rings is 1. The number of sulfonamides is 1. The zero-order valence-electron chi connectivity index (χ0n) is 18.3. The number of carbonyl (C=O) groups excluding carboxylic acids is 2. The molecule has 1 aliphatic heterocycles. The number of nitrogens with zero attached hydrogens (tertiary/aromatic N) is 2. The Morgan fingerprint density at radius 3 is 2.24 bits per heavy atom. The summed E-state index contributed by atoms with van der Waals surface area (Å²) in [5, 5.41) is 2.75. The molecule has 1 atom stereocenters. The monoisotopic (exact) mass is 485 g/mol. The van der Waals surface area contributed by atoms with Gasteiger partial charge < -0.3 is 14.6 Å². The summed E-state index contributed by atoms with van der Waals surface area (Å²) in [7, 11) is -3.80. The Morgan fingerprint density at radius 2 is 1.62 bits per heavy atom. The molecule has 0 saturated carbocycles. The van der Waals surface area contributed by atoms with Crippen molar-refractivity contribution in [3.63, 3.8) is 0 Å². The van der Waals surface area contributed by atoms with Gasteiger partial charge >= 0.3 is 0 Å². The van der Waals surface area contributed by atoms with Crippen LogP contribution in [0.25, 0.3) is 0 Å². The van der Waals surface area contributed by atoms with E-state index in [0.29, 0.717) is 0 Å². The topological polar surface area (TPSA) is 99.9 Å². The first-order chi connectivity index (χ1) is 16.3. The summed E-state index contributed by atoms with van der Waals surface area (Å²) in [6, 6.07) is 16.2. The Bertz CT molecular complexity index is 1220. The summed E-state index contributed by atoms with van der Waals surface area (Å²) < 4.78 is 45.3. The highest BCUT2D eigenvalue weighted by Crippen LogP contribution is 2.19. The van der Waals surface area contributed by atoms with Gasteiger partial charge in [0.25, 0.3) is 5.91 Å². The van der Waals surface area contributed by atoms with Gasteiger partial charge in [0.1, 0.15) is 11.9 Å². The van der Waals surface area contributed by atoms with Crippen LogP contribution < -0.4 is 5.32 Å². The molecule has 0 aliphatic carbocycles. The van der Waals surface area contributed by atoms with Gasteiger partial charge in [-0.15, -0.1) is 0 Å². The number of hydrogen-bond donors (Lipinski definition) is 1. The van der Waals surface area contributed by atoms with Crippen LogP contribution in [0.15, 0.2) is 82.3 Å². The highest BCUT2D eigenvalue weighted by Gasteiger charge is 2.33. The smallest absolute Gasteiger partial charge is 0.287 e. The van der Waals surface area contributed by atoms with Crippen molar-refractivity contribution in [3.8, 4) is 0 Å². The first-order valence-corrected chi connectivity index (χ1v) is 12.2. The van der Waals surface area contributed by atoms with E-state index in [1.54, 1.807) is 11.0 Å². The van der Waals surface area contributed by atoms with E-state index in [2.05, 4.69) is 5.32 Å². The molecule has 0 radical (unpaired) electrons. The second-order valence-electron chi connectivity index (χ2n) is 7.88. The van der Waals surface area contributed by atoms with Crippen LogP contribution in [0.2, 0.25) is 0 Å². The molecule has 0 bridgehead atoms. The molecule has 1 N–H and O–H groups in total. The maximum atomic E-state index is 13.3. The zero-order chi connectivity index (χ0) is 24.1. The van der Waals surface area contributed by atoms with Gasteiger partial charge in [-0.05, 0) is 42.0 Å². The number of halogens is 1. The van der Waals surface area contributed by atoms with Gasteiger partial charge in [-0.25, -0.2) is 12.8 Å². The third-order valence-corrected chi connectivity index (χ3v) is 7.55. The van der Waals surface area contributed by atoms with Gasteiger partial charge in [-0.2, -0.15) is 4.31 Å². The number of carbonyl (C=O) groups is 2. The van der Waals surface area contributed by atoms with Gasteiger partial charge in [0, 0.05) is 32.6 Å². The number of amides is 2. The number of hydrogen-bond acceptors (Lipinski definition) is 5. The molecule has 0 unspecified atom stereocenters. The number of nitrogens with one attached hydrogen (secondary N) is 1. The largest absolute Gasteiger partial charge is 0.459 e.